The van der Waals surface area contributed by atoms with Crippen molar-refractivity contribution in [1.29, 1.82) is 0 Å². The van der Waals surface area contributed by atoms with Crippen molar-refractivity contribution in [3.63, 3.8) is 0 Å². The molecular weight excluding hydrogens is 346 g/mol. The summed E-state index contributed by atoms with van der Waals surface area (Å²) in [5, 5.41) is 13.7. The van der Waals surface area contributed by atoms with Gasteiger partial charge in [0.15, 0.2) is 0 Å². The lowest BCUT2D eigenvalue weighted by Gasteiger charge is -2.35. The van der Waals surface area contributed by atoms with Gasteiger partial charge in [0.1, 0.15) is 5.56 Å². The van der Waals surface area contributed by atoms with Gasteiger partial charge in [-0.3, -0.25) is 14.4 Å². The zero-order chi connectivity index (χ0) is 18.1. The van der Waals surface area contributed by atoms with Crippen molar-refractivity contribution in [3.8, 4) is 0 Å². The van der Waals surface area contributed by atoms with E-state index in [0.717, 1.165) is 0 Å². The lowest BCUT2D eigenvalue weighted by Crippen LogP contribution is -2.55. The molecule has 2 atom stereocenters. The average molecular weight is 364 g/mol. The Morgan fingerprint density at radius 2 is 2.16 bits per heavy atom. The van der Waals surface area contributed by atoms with Gasteiger partial charge in [0.25, 0.3) is 5.91 Å². The first-order valence-electron chi connectivity index (χ1n) is 7.92. The molecule has 0 radical (unpaired) electrons. The number of aliphatic hydroxyl groups excluding tert-OH is 1. The molecular formula is C17H18ClN3O4. The van der Waals surface area contributed by atoms with E-state index in [4.69, 9.17) is 11.6 Å². The third-order valence-electron chi connectivity index (χ3n) is 4.43. The minimum atomic E-state index is -0.875. The molecule has 1 aliphatic heterocycles. The normalized spacial score (nSPS) is 20.5. The maximum atomic E-state index is 12.5. The molecule has 1 saturated heterocycles. The van der Waals surface area contributed by atoms with Crippen LogP contribution in [-0.4, -0.2) is 52.0 Å². The lowest BCUT2D eigenvalue weighted by atomic mass is 10.0. The Hall–Kier alpha value is -2.38. The number of rotatable bonds is 2. The van der Waals surface area contributed by atoms with E-state index in [1.165, 1.54) is 18.0 Å². The van der Waals surface area contributed by atoms with Gasteiger partial charge in [-0.05, 0) is 24.6 Å². The number of hydrogen-bond donors (Lipinski definition) is 3. The van der Waals surface area contributed by atoms with E-state index in [1.54, 1.807) is 18.2 Å². The molecule has 0 unspecified atom stereocenters. The number of nitrogens with zero attached hydrogens (tertiary/aromatic N) is 1. The first kappa shape index (κ1) is 17.4. The van der Waals surface area contributed by atoms with Crippen LogP contribution in [0.1, 0.15) is 23.7 Å². The Morgan fingerprint density at radius 3 is 2.84 bits per heavy atom. The van der Waals surface area contributed by atoms with Crippen LogP contribution in [0.4, 0.5) is 0 Å². The van der Waals surface area contributed by atoms with Crippen LogP contribution in [0.15, 0.2) is 29.2 Å². The van der Waals surface area contributed by atoms with Crippen molar-refractivity contribution in [2.24, 2.45) is 0 Å². The number of benzene rings is 1. The third-order valence-corrected chi connectivity index (χ3v) is 4.67. The molecule has 0 saturated carbocycles. The van der Waals surface area contributed by atoms with Gasteiger partial charge in [0.2, 0.25) is 11.3 Å². The van der Waals surface area contributed by atoms with Crippen LogP contribution in [-0.2, 0) is 4.79 Å². The zero-order valence-corrected chi connectivity index (χ0v) is 14.3. The molecule has 132 valence electrons. The van der Waals surface area contributed by atoms with Gasteiger partial charge in [-0.2, -0.15) is 0 Å². The standard InChI is InChI=1S/C17H18ClN3O4/c1-9(22)21-5-4-13(15(23)8-21)20-17(25)12-7-19-14-6-10(18)2-3-11(14)16(12)24/h2-3,6-7,13,15,23H,4-5,8H2,1H3,(H,19,24)(H,20,25)/t13-,15-/m1/s1. The van der Waals surface area contributed by atoms with Crippen LogP contribution in [0.3, 0.4) is 0 Å². The summed E-state index contributed by atoms with van der Waals surface area (Å²) < 4.78 is 0. The van der Waals surface area contributed by atoms with Crippen LogP contribution < -0.4 is 10.7 Å². The summed E-state index contributed by atoms with van der Waals surface area (Å²) in [6.45, 7) is 2.04. The molecule has 1 fully saturated rings. The van der Waals surface area contributed by atoms with Gasteiger partial charge in [-0.1, -0.05) is 11.6 Å². The highest BCUT2D eigenvalue weighted by atomic mass is 35.5. The summed E-state index contributed by atoms with van der Waals surface area (Å²) in [5.41, 5.74) is 0.110. The molecule has 3 N–H and O–H groups in total. The van der Waals surface area contributed by atoms with Crippen molar-refractivity contribution >= 4 is 34.3 Å². The summed E-state index contributed by atoms with van der Waals surface area (Å²) in [7, 11) is 0. The number of aromatic amines is 1. The maximum Gasteiger partial charge on any atom is 0.257 e. The molecule has 0 bridgehead atoms. The van der Waals surface area contributed by atoms with E-state index >= 15 is 0 Å². The molecule has 0 aliphatic carbocycles. The SMILES string of the molecule is CC(=O)N1CC[C@@H](NC(=O)c2c[nH]c3cc(Cl)ccc3c2=O)[C@H](O)C1. The van der Waals surface area contributed by atoms with E-state index in [9.17, 15) is 19.5 Å². The number of hydrogen-bond acceptors (Lipinski definition) is 4. The third kappa shape index (κ3) is 3.52. The van der Waals surface area contributed by atoms with Crippen LogP contribution in [0.25, 0.3) is 10.9 Å². The maximum absolute atomic E-state index is 12.5. The number of carbonyl (C=O) groups is 2. The number of fused-ring (bicyclic) bond motifs is 1. The Balaban J connectivity index is 1.79. The molecule has 25 heavy (non-hydrogen) atoms. The molecule has 1 aromatic carbocycles. The highest BCUT2D eigenvalue weighted by molar-refractivity contribution is 6.31. The second-order valence-corrected chi connectivity index (χ2v) is 6.56. The highest BCUT2D eigenvalue weighted by Crippen LogP contribution is 2.16. The lowest BCUT2D eigenvalue weighted by molar-refractivity contribution is -0.132. The predicted octanol–water partition coefficient (Wildman–Crippen LogP) is 0.893. The molecule has 7 nitrogen and oxygen atoms in total. The number of pyridine rings is 1. The Kier molecular flexibility index (Phi) is 4.78. The van der Waals surface area contributed by atoms with Crippen molar-refractivity contribution in [2.75, 3.05) is 13.1 Å². The molecule has 2 heterocycles. The van der Waals surface area contributed by atoms with E-state index in [0.29, 0.717) is 28.9 Å². The van der Waals surface area contributed by atoms with Gasteiger partial charge < -0.3 is 20.3 Å². The van der Waals surface area contributed by atoms with E-state index in [1.807, 2.05) is 0 Å². The monoisotopic (exact) mass is 363 g/mol. The fourth-order valence-electron chi connectivity index (χ4n) is 3.00. The molecule has 2 amide bonds. The number of nitrogens with one attached hydrogen (secondary N) is 2. The van der Waals surface area contributed by atoms with Gasteiger partial charge >= 0.3 is 0 Å². The van der Waals surface area contributed by atoms with Gasteiger partial charge in [0, 0.05) is 36.6 Å². The van der Waals surface area contributed by atoms with Crippen LogP contribution in [0.5, 0.6) is 0 Å². The Morgan fingerprint density at radius 1 is 1.40 bits per heavy atom. The Labute approximate surface area is 148 Å². The molecule has 1 aromatic heterocycles. The first-order valence-corrected chi connectivity index (χ1v) is 8.30. The summed E-state index contributed by atoms with van der Waals surface area (Å²) in [5.74, 6) is -0.674. The summed E-state index contributed by atoms with van der Waals surface area (Å²) in [6.07, 6.45) is 0.890. The van der Waals surface area contributed by atoms with Crippen LogP contribution in [0, 0.1) is 0 Å². The molecule has 8 heteroatoms. The highest BCUT2D eigenvalue weighted by Gasteiger charge is 2.30. The van der Waals surface area contributed by atoms with E-state index in [-0.39, 0.29) is 18.0 Å². The fraction of sp³-hybridized carbons (Fsp3) is 0.353. The second kappa shape index (κ2) is 6.85. The number of amides is 2. The quantitative estimate of drug-likeness (QED) is 0.737. The van der Waals surface area contributed by atoms with Gasteiger partial charge in [-0.25, -0.2) is 0 Å². The van der Waals surface area contributed by atoms with Crippen LogP contribution in [0.2, 0.25) is 5.02 Å². The van der Waals surface area contributed by atoms with Gasteiger partial charge in [0.05, 0.1) is 17.7 Å². The number of piperidine rings is 1. The van der Waals surface area contributed by atoms with E-state index in [2.05, 4.69) is 10.3 Å². The largest absolute Gasteiger partial charge is 0.389 e. The van der Waals surface area contributed by atoms with Crippen molar-refractivity contribution < 1.29 is 14.7 Å². The predicted molar refractivity (Wildman–Crippen MR) is 93.7 cm³/mol. The number of aromatic nitrogens is 1. The number of β-amino-alcohol motifs (C(OH)–C–C–N with tert-alkyl or cyclic N) is 1. The second-order valence-electron chi connectivity index (χ2n) is 6.12. The smallest absolute Gasteiger partial charge is 0.257 e. The minimum absolute atomic E-state index is 0.0315. The van der Waals surface area contributed by atoms with Gasteiger partial charge in [-0.15, -0.1) is 0 Å². The number of likely N-dealkylation sites (tertiary alicyclic amines) is 1. The number of H-pyrrole nitrogens is 1. The molecule has 3 rings (SSSR count). The molecule has 0 spiro atoms. The number of carbonyl (C=O) groups excluding carboxylic acids is 2. The van der Waals surface area contributed by atoms with Crippen molar-refractivity contribution in [3.05, 3.63) is 45.2 Å². The zero-order valence-electron chi connectivity index (χ0n) is 13.6. The van der Waals surface area contributed by atoms with E-state index < -0.39 is 23.5 Å². The first-order chi connectivity index (χ1) is 11.9. The summed E-state index contributed by atoms with van der Waals surface area (Å²) >= 11 is 5.90. The topological polar surface area (TPSA) is 103 Å². The minimum Gasteiger partial charge on any atom is -0.389 e. The van der Waals surface area contributed by atoms with Crippen molar-refractivity contribution in [1.82, 2.24) is 15.2 Å². The van der Waals surface area contributed by atoms with Crippen LogP contribution >= 0.6 is 11.6 Å². The molecule has 1 aliphatic rings. The fourth-order valence-corrected chi connectivity index (χ4v) is 3.17. The summed E-state index contributed by atoms with van der Waals surface area (Å²) in [6, 6.07) is 4.25. The average Bonchev–Trinajstić information content (AvgIpc) is 2.56. The Bertz CT molecular complexity index is 895. The number of aliphatic hydroxyl groups is 1. The van der Waals surface area contributed by atoms with Crippen molar-refractivity contribution in [2.45, 2.75) is 25.5 Å². The molecule has 2 aromatic rings. The summed E-state index contributed by atoms with van der Waals surface area (Å²) in [4.78, 5) is 40.7. The number of halogens is 1.